The van der Waals surface area contributed by atoms with Gasteiger partial charge in [0.1, 0.15) is 5.69 Å². The first kappa shape index (κ1) is 20.6. The molecule has 0 atom stereocenters. The van der Waals surface area contributed by atoms with Crippen molar-refractivity contribution in [1.29, 1.82) is 0 Å². The number of amides is 1. The van der Waals surface area contributed by atoms with Gasteiger partial charge in [-0.05, 0) is 46.9 Å². The van der Waals surface area contributed by atoms with Gasteiger partial charge in [0.2, 0.25) is 5.13 Å². The summed E-state index contributed by atoms with van der Waals surface area (Å²) in [6.45, 7) is 5.47. The van der Waals surface area contributed by atoms with Crippen LogP contribution >= 0.6 is 23.1 Å². The second-order valence-electron chi connectivity index (χ2n) is 6.99. The number of nitro benzene ring substituents is 1. The van der Waals surface area contributed by atoms with E-state index in [4.69, 9.17) is 0 Å². The van der Waals surface area contributed by atoms with Gasteiger partial charge >= 0.3 is 5.00 Å². The molecular formula is C17H15N5O5S2. The minimum absolute atomic E-state index is 0.0436. The number of amidine groups is 1. The van der Waals surface area contributed by atoms with Crippen LogP contribution in [0.25, 0.3) is 6.08 Å². The van der Waals surface area contributed by atoms with Crippen LogP contribution in [0.5, 0.6) is 0 Å². The summed E-state index contributed by atoms with van der Waals surface area (Å²) in [4.78, 5) is 42.1. The van der Waals surface area contributed by atoms with E-state index in [1.165, 1.54) is 24.3 Å². The maximum atomic E-state index is 12.2. The fraction of sp³-hybridized carbons (Fsp3) is 0.235. The number of hydrogen-bond donors (Lipinski definition) is 1. The van der Waals surface area contributed by atoms with Crippen molar-refractivity contribution in [3.63, 3.8) is 0 Å². The zero-order chi connectivity index (χ0) is 21.3. The molecule has 2 heterocycles. The highest BCUT2D eigenvalue weighted by atomic mass is 32.2. The average Bonchev–Trinajstić information content (AvgIpc) is 3.19. The molecule has 0 saturated carbocycles. The molecule has 1 aliphatic rings. The van der Waals surface area contributed by atoms with Crippen LogP contribution in [0.4, 0.5) is 15.8 Å². The number of carbonyl (C=O) groups excluding carboxylic acids is 1. The van der Waals surface area contributed by atoms with Gasteiger partial charge in [-0.25, -0.2) is 4.98 Å². The number of nitrogens with zero attached hydrogens (tertiary/aromatic N) is 4. The lowest BCUT2D eigenvalue weighted by molar-refractivity contribution is -0.384. The van der Waals surface area contributed by atoms with Crippen molar-refractivity contribution in [2.24, 2.45) is 4.99 Å². The fourth-order valence-electron chi connectivity index (χ4n) is 2.37. The van der Waals surface area contributed by atoms with Crippen LogP contribution in [0, 0.1) is 20.2 Å². The third-order valence-electron chi connectivity index (χ3n) is 3.72. The summed E-state index contributed by atoms with van der Waals surface area (Å²) in [6.07, 6.45) is 1.58. The molecule has 150 valence electrons. The molecule has 0 unspecified atom stereocenters. The van der Waals surface area contributed by atoms with E-state index < -0.39 is 15.3 Å². The number of aromatic nitrogens is 1. The Bertz CT molecular complexity index is 1070. The first-order valence-corrected chi connectivity index (χ1v) is 9.87. The van der Waals surface area contributed by atoms with Crippen LogP contribution in [-0.4, -0.2) is 25.9 Å². The zero-order valence-electron chi connectivity index (χ0n) is 15.5. The van der Waals surface area contributed by atoms with Gasteiger partial charge < -0.3 is 5.32 Å². The molecule has 1 aromatic carbocycles. The molecule has 1 fully saturated rings. The summed E-state index contributed by atoms with van der Waals surface area (Å²) in [5.74, 6) is -0.380. The van der Waals surface area contributed by atoms with Crippen molar-refractivity contribution in [1.82, 2.24) is 10.3 Å². The van der Waals surface area contributed by atoms with Gasteiger partial charge in [-0.2, -0.15) is 4.99 Å². The highest BCUT2D eigenvalue weighted by molar-refractivity contribution is 8.18. The van der Waals surface area contributed by atoms with Crippen LogP contribution < -0.4 is 5.32 Å². The topological polar surface area (TPSA) is 141 Å². The number of non-ortho nitro benzene ring substituents is 1. The van der Waals surface area contributed by atoms with Gasteiger partial charge in [0.15, 0.2) is 5.17 Å². The molecule has 1 saturated heterocycles. The molecule has 12 heteroatoms. The highest BCUT2D eigenvalue weighted by Gasteiger charge is 2.31. The van der Waals surface area contributed by atoms with Crippen LogP contribution in [-0.2, 0) is 10.2 Å². The monoisotopic (exact) mass is 433 g/mol. The summed E-state index contributed by atoms with van der Waals surface area (Å²) in [7, 11) is 0. The number of carbonyl (C=O) groups is 1. The Hall–Kier alpha value is -3.12. The van der Waals surface area contributed by atoms with Crippen molar-refractivity contribution in [2.75, 3.05) is 0 Å². The van der Waals surface area contributed by atoms with Crippen molar-refractivity contribution in [3.8, 4) is 0 Å². The van der Waals surface area contributed by atoms with Crippen molar-refractivity contribution < 1.29 is 14.6 Å². The molecule has 29 heavy (non-hydrogen) atoms. The van der Waals surface area contributed by atoms with Crippen molar-refractivity contribution >= 4 is 56.1 Å². The van der Waals surface area contributed by atoms with Gasteiger partial charge in [-0.1, -0.05) is 20.8 Å². The molecule has 10 nitrogen and oxygen atoms in total. The molecule has 3 rings (SSSR count). The summed E-state index contributed by atoms with van der Waals surface area (Å²) < 4.78 is 0. The van der Waals surface area contributed by atoms with E-state index in [1.54, 1.807) is 6.08 Å². The number of nitrogens with one attached hydrogen (secondary N) is 1. The Labute approximate surface area is 173 Å². The smallest absolute Gasteiger partial charge is 0.300 e. The molecule has 0 bridgehead atoms. The van der Waals surface area contributed by atoms with Gasteiger partial charge in [-0.15, -0.1) is 0 Å². The Morgan fingerprint density at radius 2 is 1.79 bits per heavy atom. The third kappa shape index (κ3) is 4.66. The van der Waals surface area contributed by atoms with Gasteiger partial charge in [-0.3, -0.25) is 25.0 Å². The number of hydrogen-bond acceptors (Lipinski definition) is 9. The van der Waals surface area contributed by atoms with Crippen molar-refractivity contribution in [2.45, 2.75) is 26.2 Å². The number of benzene rings is 1. The molecule has 0 radical (unpaired) electrons. The van der Waals surface area contributed by atoms with E-state index in [0.717, 1.165) is 23.1 Å². The molecule has 1 N–H and O–H groups in total. The molecule has 0 spiro atoms. The van der Waals surface area contributed by atoms with Crippen LogP contribution in [0.2, 0.25) is 0 Å². The highest BCUT2D eigenvalue weighted by Crippen LogP contribution is 2.40. The van der Waals surface area contributed by atoms with Gasteiger partial charge in [0.05, 0.1) is 14.8 Å². The molecular weight excluding hydrogens is 418 g/mol. The maximum absolute atomic E-state index is 12.2. The zero-order valence-corrected chi connectivity index (χ0v) is 17.2. The Kier molecular flexibility index (Phi) is 5.48. The predicted octanol–water partition coefficient (Wildman–Crippen LogP) is 4.15. The fourth-order valence-corrected chi connectivity index (χ4v) is 4.22. The predicted molar refractivity (Wildman–Crippen MR) is 111 cm³/mol. The molecule has 1 aromatic heterocycles. The van der Waals surface area contributed by atoms with E-state index in [1.807, 2.05) is 20.8 Å². The number of rotatable bonds is 4. The van der Waals surface area contributed by atoms with Crippen molar-refractivity contribution in [3.05, 3.63) is 60.7 Å². The average molecular weight is 433 g/mol. The second kappa shape index (κ2) is 7.72. The van der Waals surface area contributed by atoms with Crippen LogP contribution in [0.3, 0.4) is 0 Å². The van der Waals surface area contributed by atoms with E-state index in [9.17, 15) is 25.0 Å². The summed E-state index contributed by atoms with van der Waals surface area (Å²) in [5, 5.41) is 25.0. The normalized spacial score (nSPS) is 17.0. The van der Waals surface area contributed by atoms with Crippen LogP contribution in [0.15, 0.2) is 34.2 Å². The van der Waals surface area contributed by atoms with Gasteiger partial charge in [0.25, 0.3) is 11.6 Å². The Balaban J connectivity index is 1.85. The number of aliphatic imine (C=N–C) groups is 1. The largest absolute Gasteiger partial charge is 0.349 e. The minimum atomic E-state index is -0.523. The summed E-state index contributed by atoms with van der Waals surface area (Å²) >= 11 is 1.91. The van der Waals surface area contributed by atoms with E-state index in [0.29, 0.717) is 16.2 Å². The Morgan fingerprint density at radius 1 is 1.14 bits per heavy atom. The van der Waals surface area contributed by atoms with Gasteiger partial charge in [0, 0.05) is 17.5 Å². The lowest BCUT2D eigenvalue weighted by Gasteiger charge is -2.13. The number of thiazole rings is 1. The molecule has 1 aliphatic heterocycles. The Morgan fingerprint density at radius 3 is 2.31 bits per heavy atom. The van der Waals surface area contributed by atoms with Crippen LogP contribution in [0.1, 0.15) is 32.0 Å². The standard InChI is InChI=1S/C17H15N5O5S2/c1-17(2,3)12-14(22(26)27)29-15(18-12)20-16-19-13(23)11(28-16)8-9-4-6-10(7-5-9)21(24)25/h4-8H,1-3H3,(H,18,19,20,23). The molecule has 1 amide bonds. The number of nitro groups is 2. The maximum Gasteiger partial charge on any atom is 0.349 e. The lowest BCUT2D eigenvalue weighted by atomic mass is 9.93. The number of thioether (sulfide) groups is 1. The van der Waals surface area contributed by atoms with E-state index in [2.05, 4.69) is 15.3 Å². The second-order valence-corrected chi connectivity index (χ2v) is 8.97. The van der Waals surface area contributed by atoms with E-state index in [-0.39, 0.29) is 26.9 Å². The van der Waals surface area contributed by atoms with E-state index >= 15 is 0 Å². The quantitative estimate of drug-likeness (QED) is 0.434. The first-order chi connectivity index (χ1) is 13.5. The third-order valence-corrected chi connectivity index (χ3v) is 5.53. The SMILES string of the molecule is CC(C)(C)c1nc(N=C2NC(=O)C(=Cc3ccc([N+](=O)[O-])cc3)S2)sc1[N+](=O)[O-]. The summed E-state index contributed by atoms with van der Waals surface area (Å²) in [6, 6.07) is 5.77. The lowest BCUT2D eigenvalue weighted by Crippen LogP contribution is -2.19. The summed E-state index contributed by atoms with van der Waals surface area (Å²) in [5.41, 5.74) is 0.389. The minimum Gasteiger partial charge on any atom is -0.300 e. The molecule has 0 aliphatic carbocycles. The molecule has 2 aromatic rings. The first-order valence-electron chi connectivity index (χ1n) is 8.24.